The second kappa shape index (κ2) is 6.71. The highest BCUT2D eigenvalue weighted by molar-refractivity contribution is 6.23. The van der Waals surface area contributed by atoms with E-state index in [0.29, 0.717) is 24.6 Å². The van der Waals surface area contributed by atoms with E-state index in [2.05, 4.69) is 10.6 Å². The minimum atomic E-state index is -0.635. The Morgan fingerprint density at radius 3 is 2.54 bits per heavy atom. The predicted molar refractivity (Wildman–Crippen MR) is 92.4 cm³/mol. The molecule has 9 heteroatoms. The molecule has 0 unspecified atom stereocenters. The largest absolute Gasteiger partial charge is 0.492 e. The number of pyridine rings is 1. The van der Waals surface area contributed by atoms with Gasteiger partial charge in [0, 0.05) is 13.0 Å². The molecule has 0 saturated carbocycles. The molecular weight excluding hydrogens is 340 g/mol. The quantitative estimate of drug-likeness (QED) is 0.503. The van der Waals surface area contributed by atoms with E-state index in [4.69, 9.17) is 10.5 Å². The minimum Gasteiger partial charge on any atom is -0.492 e. The van der Waals surface area contributed by atoms with Gasteiger partial charge < -0.3 is 15.8 Å². The van der Waals surface area contributed by atoms with Crippen LogP contribution in [0.5, 0.6) is 5.75 Å². The average molecular weight is 356 g/mol. The van der Waals surface area contributed by atoms with Crippen LogP contribution in [0.2, 0.25) is 0 Å². The molecule has 0 saturated heterocycles. The molecule has 26 heavy (non-hydrogen) atoms. The summed E-state index contributed by atoms with van der Waals surface area (Å²) >= 11 is 0. The van der Waals surface area contributed by atoms with Gasteiger partial charge in [0.1, 0.15) is 18.2 Å². The predicted octanol–water partition coefficient (Wildman–Crippen LogP) is -0.182. The van der Waals surface area contributed by atoms with Gasteiger partial charge in [0.15, 0.2) is 0 Å². The van der Waals surface area contributed by atoms with Crippen LogP contribution in [0.4, 0.5) is 5.82 Å². The molecule has 3 amide bonds. The zero-order chi connectivity index (χ0) is 18.8. The lowest BCUT2D eigenvalue weighted by Gasteiger charge is -2.13. The molecule has 9 nitrogen and oxygen atoms in total. The van der Waals surface area contributed by atoms with E-state index >= 15 is 0 Å². The second-order valence-electron chi connectivity index (χ2n) is 5.60. The third kappa shape index (κ3) is 3.14. The van der Waals surface area contributed by atoms with Crippen LogP contribution in [0.25, 0.3) is 5.69 Å². The van der Waals surface area contributed by atoms with Crippen LogP contribution < -0.4 is 26.7 Å². The van der Waals surface area contributed by atoms with Gasteiger partial charge in [0.2, 0.25) is 5.91 Å². The van der Waals surface area contributed by atoms with Crippen molar-refractivity contribution in [3.8, 4) is 11.4 Å². The van der Waals surface area contributed by atoms with Gasteiger partial charge in [-0.2, -0.15) is 0 Å². The number of nitrogens with zero attached hydrogens (tertiary/aromatic N) is 1. The molecule has 134 valence electrons. The van der Waals surface area contributed by atoms with E-state index in [1.54, 1.807) is 24.3 Å². The highest BCUT2D eigenvalue weighted by Gasteiger charge is 2.31. The van der Waals surface area contributed by atoms with Crippen molar-refractivity contribution in [3.05, 3.63) is 51.8 Å². The van der Waals surface area contributed by atoms with Crippen LogP contribution in [0.15, 0.2) is 35.1 Å². The van der Waals surface area contributed by atoms with Crippen molar-refractivity contribution in [1.29, 1.82) is 0 Å². The number of imide groups is 1. The Morgan fingerprint density at radius 1 is 1.19 bits per heavy atom. The Labute approximate surface area is 147 Å². The summed E-state index contributed by atoms with van der Waals surface area (Å²) < 4.78 is 6.62. The fourth-order valence-electron chi connectivity index (χ4n) is 2.63. The molecule has 0 fully saturated rings. The van der Waals surface area contributed by atoms with Crippen LogP contribution in [-0.2, 0) is 4.79 Å². The van der Waals surface area contributed by atoms with E-state index in [1.165, 1.54) is 6.92 Å². The molecule has 3 rings (SSSR count). The Hall–Kier alpha value is -3.62. The van der Waals surface area contributed by atoms with Crippen LogP contribution in [0.3, 0.4) is 0 Å². The Bertz CT molecular complexity index is 962. The van der Waals surface area contributed by atoms with Crippen LogP contribution >= 0.6 is 0 Å². The number of nitrogens with one attached hydrogen (secondary N) is 2. The molecular formula is C17H16N4O5. The van der Waals surface area contributed by atoms with Crippen molar-refractivity contribution in [1.82, 2.24) is 15.2 Å². The maximum absolute atomic E-state index is 12.3. The van der Waals surface area contributed by atoms with E-state index in [1.807, 2.05) is 0 Å². The Balaban J connectivity index is 1.85. The first-order chi connectivity index (χ1) is 12.4. The SMILES string of the molecule is CC(=O)NCCOc1ccc(-n2c(N)c3c(cc2=O)C(=O)NC3=O)cc1. The summed E-state index contributed by atoms with van der Waals surface area (Å²) in [4.78, 5) is 46.6. The lowest BCUT2D eigenvalue weighted by molar-refractivity contribution is -0.119. The number of carbonyl (C=O) groups excluding carboxylic acids is 3. The van der Waals surface area contributed by atoms with Crippen molar-refractivity contribution in [2.24, 2.45) is 0 Å². The number of fused-ring (bicyclic) bond motifs is 1. The summed E-state index contributed by atoms with van der Waals surface area (Å²) in [5.41, 5.74) is 5.84. The number of ether oxygens (including phenoxy) is 1. The van der Waals surface area contributed by atoms with Gasteiger partial charge in [-0.05, 0) is 24.3 Å². The zero-order valence-corrected chi connectivity index (χ0v) is 13.9. The fourth-order valence-corrected chi connectivity index (χ4v) is 2.63. The minimum absolute atomic E-state index is 0.00904. The molecule has 0 spiro atoms. The zero-order valence-electron chi connectivity index (χ0n) is 13.9. The summed E-state index contributed by atoms with van der Waals surface area (Å²) in [6, 6.07) is 7.56. The van der Waals surface area contributed by atoms with Crippen molar-refractivity contribution in [3.63, 3.8) is 0 Å². The molecule has 0 atom stereocenters. The average Bonchev–Trinajstić information content (AvgIpc) is 2.87. The standard InChI is InChI=1S/C17H16N4O5/c1-9(22)19-6-7-26-11-4-2-10(3-5-11)21-13(23)8-12-14(15(21)18)17(25)20-16(12)24/h2-5,8H,6-7,18H2,1H3,(H,19,22)(H,20,24,25). The van der Waals surface area contributed by atoms with Crippen LogP contribution in [0, 0.1) is 0 Å². The van der Waals surface area contributed by atoms with Gasteiger partial charge in [-0.3, -0.25) is 29.1 Å². The second-order valence-corrected chi connectivity index (χ2v) is 5.60. The highest BCUT2D eigenvalue weighted by atomic mass is 16.5. The molecule has 4 N–H and O–H groups in total. The summed E-state index contributed by atoms with van der Waals surface area (Å²) in [5, 5.41) is 4.72. The molecule has 1 aliphatic heterocycles. The Morgan fingerprint density at radius 2 is 1.88 bits per heavy atom. The maximum Gasteiger partial charge on any atom is 0.262 e. The molecule has 1 aromatic heterocycles. The normalized spacial score (nSPS) is 12.5. The molecule has 1 aliphatic rings. The summed E-state index contributed by atoms with van der Waals surface area (Å²) in [6.45, 7) is 2.08. The van der Waals surface area contributed by atoms with Gasteiger partial charge in [-0.15, -0.1) is 0 Å². The molecule has 0 aliphatic carbocycles. The van der Waals surface area contributed by atoms with Crippen molar-refractivity contribution in [2.75, 3.05) is 18.9 Å². The topological polar surface area (TPSA) is 133 Å². The maximum atomic E-state index is 12.3. The smallest absolute Gasteiger partial charge is 0.262 e. The molecule has 0 radical (unpaired) electrons. The van der Waals surface area contributed by atoms with E-state index < -0.39 is 17.4 Å². The molecule has 2 aromatic rings. The van der Waals surface area contributed by atoms with Crippen molar-refractivity contribution < 1.29 is 19.1 Å². The van der Waals surface area contributed by atoms with E-state index in [9.17, 15) is 19.2 Å². The van der Waals surface area contributed by atoms with Gasteiger partial charge >= 0.3 is 0 Å². The van der Waals surface area contributed by atoms with Gasteiger partial charge in [-0.1, -0.05) is 0 Å². The van der Waals surface area contributed by atoms with Crippen molar-refractivity contribution in [2.45, 2.75) is 6.92 Å². The van der Waals surface area contributed by atoms with Gasteiger partial charge in [0.25, 0.3) is 17.4 Å². The first kappa shape index (κ1) is 17.2. The molecule has 0 bridgehead atoms. The third-order valence-corrected chi connectivity index (χ3v) is 3.79. The summed E-state index contributed by atoms with van der Waals surface area (Å²) in [5.74, 6) is -0.967. The number of anilines is 1. The van der Waals surface area contributed by atoms with Crippen LogP contribution in [-0.4, -0.2) is 35.4 Å². The number of aromatic nitrogens is 1. The van der Waals surface area contributed by atoms with Gasteiger partial charge in [-0.25, -0.2) is 0 Å². The molecule has 1 aromatic carbocycles. The number of hydrogen-bond donors (Lipinski definition) is 3. The summed E-state index contributed by atoms with van der Waals surface area (Å²) in [6.07, 6.45) is 0. The number of nitrogen functional groups attached to an aromatic ring is 1. The fraction of sp³-hybridized carbons (Fsp3) is 0.176. The first-order valence-corrected chi connectivity index (χ1v) is 7.77. The Kier molecular flexibility index (Phi) is 4.44. The lowest BCUT2D eigenvalue weighted by Crippen LogP contribution is -2.25. The number of amides is 3. The van der Waals surface area contributed by atoms with Crippen LogP contribution in [0.1, 0.15) is 27.6 Å². The molecule has 2 heterocycles. The first-order valence-electron chi connectivity index (χ1n) is 7.77. The van der Waals surface area contributed by atoms with Crippen molar-refractivity contribution >= 4 is 23.5 Å². The number of benzene rings is 1. The number of rotatable bonds is 5. The lowest BCUT2D eigenvalue weighted by atomic mass is 10.1. The van der Waals surface area contributed by atoms with E-state index in [0.717, 1.165) is 10.6 Å². The monoisotopic (exact) mass is 356 g/mol. The highest BCUT2D eigenvalue weighted by Crippen LogP contribution is 2.23. The summed E-state index contributed by atoms with van der Waals surface area (Å²) in [7, 11) is 0. The number of hydrogen-bond acceptors (Lipinski definition) is 6. The van der Waals surface area contributed by atoms with Gasteiger partial charge in [0.05, 0.1) is 23.4 Å². The number of carbonyl (C=O) groups is 3. The van der Waals surface area contributed by atoms with E-state index in [-0.39, 0.29) is 22.9 Å². The third-order valence-electron chi connectivity index (χ3n) is 3.79. The number of nitrogens with two attached hydrogens (primary N) is 1.